The van der Waals surface area contributed by atoms with Crippen LogP contribution in [-0.4, -0.2) is 44.6 Å². The molecule has 0 fully saturated rings. The minimum Gasteiger partial charge on any atom is -0.345 e. The first kappa shape index (κ1) is 23.7. The summed E-state index contributed by atoms with van der Waals surface area (Å²) in [5.41, 5.74) is 3.51. The summed E-state index contributed by atoms with van der Waals surface area (Å²) in [4.78, 5) is 27.9. The number of nitrogens with zero attached hydrogens (tertiary/aromatic N) is 3. The molecule has 3 aromatic rings. The lowest BCUT2D eigenvalue weighted by Gasteiger charge is -2.21. The molecule has 2 aromatic heterocycles. The molecule has 3 heterocycles. The summed E-state index contributed by atoms with van der Waals surface area (Å²) in [7, 11) is 0. The van der Waals surface area contributed by atoms with Crippen LogP contribution in [0, 0.1) is 5.82 Å². The van der Waals surface area contributed by atoms with Gasteiger partial charge in [-0.3, -0.25) is 14.7 Å². The van der Waals surface area contributed by atoms with E-state index in [0.29, 0.717) is 11.4 Å². The smallest absolute Gasteiger partial charge is 0.256 e. The van der Waals surface area contributed by atoms with Gasteiger partial charge >= 0.3 is 0 Å². The third-order valence-electron chi connectivity index (χ3n) is 6.26. The van der Waals surface area contributed by atoms with Crippen LogP contribution in [-0.2, 0) is 13.0 Å². The summed E-state index contributed by atoms with van der Waals surface area (Å²) < 4.78 is 15.6. The molecule has 1 aliphatic heterocycles. The van der Waals surface area contributed by atoms with Crippen molar-refractivity contribution in [2.24, 2.45) is 0 Å². The molecular weight excluding hydrogens is 433 g/mol. The highest BCUT2D eigenvalue weighted by molar-refractivity contribution is 6.04. The van der Waals surface area contributed by atoms with Crippen LogP contribution in [0.2, 0.25) is 0 Å². The van der Waals surface area contributed by atoms with Crippen LogP contribution in [0.15, 0.2) is 36.5 Å². The molecule has 2 amide bonds. The Kier molecular flexibility index (Phi) is 7.45. The second-order valence-electron chi connectivity index (χ2n) is 8.80. The number of carbonyl (C=O) groups excluding carboxylic acids is 2. The maximum Gasteiger partial charge on any atom is 0.256 e. The lowest BCUT2D eigenvalue weighted by molar-refractivity contribution is 0.0751. The Bertz CT molecular complexity index is 1160. The number of nitrogens with one attached hydrogen (secondary N) is 2. The first-order chi connectivity index (χ1) is 16.5. The number of amides is 2. The molecule has 7 nitrogen and oxygen atoms in total. The summed E-state index contributed by atoms with van der Waals surface area (Å²) in [6.45, 7) is 6.57. The molecule has 2 N–H and O–H groups in total. The molecule has 34 heavy (non-hydrogen) atoms. The van der Waals surface area contributed by atoms with Gasteiger partial charge in [0.25, 0.3) is 11.8 Å². The number of hydrogen-bond acceptors (Lipinski definition) is 3. The van der Waals surface area contributed by atoms with Crippen molar-refractivity contribution in [2.45, 2.75) is 58.9 Å². The average molecular weight is 466 g/mol. The molecule has 0 unspecified atom stereocenters. The van der Waals surface area contributed by atoms with Gasteiger partial charge in [0.1, 0.15) is 5.82 Å². The van der Waals surface area contributed by atoms with Crippen LogP contribution in [0.5, 0.6) is 0 Å². The lowest BCUT2D eigenvalue weighted by atomic mass is 10.1. The first-order valence-corrected chi connectivity index (χ1v) is 12.2. The molecule has 180 valence electrons. The van der Waals surface area contributed by atoms with Crippen molar-refractivity contribution in [1.82, 2.24) is 19.7 Å². The Morgan fingerprint density at radius 3 is 2.62 bits per heavy atom. The Morgan fingerprint density at radius 1 is 1.15 bits per heavy atom. The van der Waals surface area contributed by atoms with E-state index in [4.69, 9.17) is 0 Å². The van der Waals surface area contributed by atoms with Gasteiger partial charge in [0, 0.05) is 37.0 Å². The monoisotopic (exact) mass is 465 g/mol. The number of hydrogen-bond donors (Lipinski definition) is 2. The van der Waals surface area contributed by atoms with E-state index in [2.05, 4.69) is 33.9 Å². The van der Waals surface area contributed by atoms with Gasteiger partial charge < -0.3 is 14.8 Å². The molecule has 0 aliphatic carbocycles. The van der Waals surface area contributed by atoms with E-state index in [1.54, 1.807) is 6.07 Å². The van der Waals surface area contributed by atoms with Gasteiger partial charge in [-0.1, -0.05) is 32.8 Å². The van der Waals surface area contributed by atoms with E-state index in [0.717, 1.165) is 75.1 Å². The molecule has 1 aromatic carbocycles. The molecule has 1 aliphatic rings. The molecule has 8 heteroatoms. The Hall–Kier alpha value is -3.42. The minimum atomic E-state index is -0.463. The zero-order valence-electron chi connectivity index (χ0n) is 19.9. The number of unbranched alkanes of at least 4 members (excludes halogenated alkanes) is 2. The number of rotatable bonds is 9. The number of halogens is 1. The number of aryl methyl sites for hydroxylation is 1. The highest BCUT2D eigenvalue weighted by Crippen LogP contribution is 2.33. The van der Waals surface area contributed by atoms with Crippen LogP contribution in [0.25, 0.3) is 11.4 Å². The molecular formula is C26H32FN5O2. The van der Waals surface area contributed by atoms with Crippen LogP contribution < -0.4 is 5.32 Å². The minimum absolute atomic E-state index is 0.0585. The third kappa shape index (κ3) is 5.05. The summed E-state index contributed by atoms with van der Waals surface area (Å²) in [5, 5.41) is 10.2. The molecule has 0 bridgehead atoms. The quantitative estimate of drug-likeness (QED) is 0.452. The second kappa shape index (κ2) is 10.7. The zero-order chi connectivity index (χ0) is 24.1. The summed E-state index contributed by atoms with van der Waals surface area (Å²) in [5.74, 6) is -0.371. The Labute approximate surface area is 199 Å². The summed E-state index contributed by atoms with van der Waals surface area (Å²) >= 11 is 0. The van der Waals surface area contributed by atoms with E-state index in [-0.39, 0.29) is 11.5 Å². The van der Waals surface area contributed by atoms with E-state index in [1.165, 1.54) is 18.2 Å². The Morgan fingerprint density at radius 2 is 1.91 bits per heavy atom. The van der Waals surface area contributed by atoms with Gasteiger partial charge in [-0.25, -0.2) is 4.39 Å². The molecule has 0 saturated heterocycles. The zero-order valence-corrected chi connectivity index (χ0v) is 19.9. The highest BCUT2D eigenvalue weighted by Gasteiger charge is 2.25. The largest absolute Gasteiger partial charge is 0.345 e. The summed E-state index contributed by atoms with van der Waals surface area (Å²) in [6.07, 6.45) is 7.58. The SMILES string of the molecule is CCCCN(CCCC)C(=O)c1cc2n(c1)CCCc1c(NC(=O)c3cccc(F)c3)n[nH]c1-2. The van der Waals surface area contributed by atoms with Crippen molar-refractivity contribution < 1.29 is 14.0 Å². The third-order valence-corrected chi connectivity index (χ3v) is 6.26. The number of fused-ring (bicyclic) bond motifs is 3. The van der Waals surface area contributed by atoms with Crippen molar-refractivity contribution >= 4 is 17.6 Å². The van der Waals surface area contributed by atoms with Gasteiger partial charge in [0.05, 0.1) is 17.0 Å². The number of benzene rings is 1. The van der Waals surface area contributed by atoms with Crippen LogP contribution >= 0.6 is 0 Å². The molecule has 0 spiro atoms. The number of carbonyl (C=O) groups is 2. The predicted octanol–water partition coefficient (Wildman–Crippen LogP) is 5.26. The lowest BCUT2D eigenvalue weighted by Crippen LogP contribution is -2.32. The highest BCUT2D eigenvalue weighted by atomic mass is 19.1. The molecule has 4 rings (SSSR count). The van der Waals surface area contributed by atoms with Gasteiger partial charge in [-0.2, -0.15) is 5.10 Å². The standard InChI is InChI=1S/C26H32FN5O2/c1-3-5-12-31(13-6-4-2)26(34)19-16-22-23-21(11-8-14-32(22)17-19)24(30-29-23)28-25(33)18-9-7-10-20(27)15-18/h7,9-10,15-17H,3-6,8,11-14H2,1-2H3,(H2,28,29,30,33). The number of anilines is 1. The normalized spacial score (nSPS) is 12.6. The predicted molar refractivity (Wildman–Crippen MR) is 130 cm³/mol. The van der Waals surface area contributed by atoms with E-state index in [1.807, 2.05) is 17.2 Å². The van der Waals surface area contributed by atoms with Gasteiger partial charge in [-0.05, 0) is 49.9 Å². The number of aromatic amines is 1. The number of H-pyrrole nitrogens is 1. The van der Waals surface area contributed by atoms with Crippen LogP contribution in [0.3, 0.4) is 0 Å². The fourth-order valence-electron chi connectivity index (χ4n) is 4.38. The van der Waals surface area contributed by atoms with Crippen molar-refractivity contribution in [3.05, 3.63) is 59.0 Å². The van der Waals surface area contributed by atoms with E-state index >= 15 is 0 Å². The fourth-order valence-corrected chi connectivity index (χ4v) is 4.38. The van der Waals surface area contributed by atoms with Crippen LogP contribution in [0.4, 0.5) is 10.2 Å². The van der Waals surface area contributed by atoms with Crippen molar-refractivity contribution in [1.29, 1.82) is 0 Å². The van der Waals surface area contributed by atoms with Crippen molar-refractivity contribution in [2.75, 3.05) is 18.4 Å². The fraction of sp³-hybridized carbons (Fsp3) is 0.423. The van der Waals surface area contributed by atoms with Gasteiger partial charge in [-0.15, -0.1) is 0 Å². The van der Waals surface area contributed by atoms with Crippen molar-refractivity contribution in [3.63, 3.8) is 0 Å². The Balaban J connectivity index is 1.58. The maximum atomic E-state index is 13.5. The van der Waals surface area contributed by atoms with Crippen molar-refractivity contribution in [3.8, 4) is 11.4 Å². The average Bonchev–Trinajstić information content (AvgIpc) is 3.39. The molecule has 0 saturated carbocycles. The van der Waals surface area contributed by atoms with E-state index < -0.39 is 11.7 Å². The van der Waals surface area contributed by atoms with Gasteiger partial charge in [0.15, 0.2) is 5.82 Å². The molecule has 0 atom stereocenters. The van der Waals surface area contributed by atoms with Gasteiger partial charge in [0.2, 0.25) is 0 Å². The summed E-state index contributed by atoms with van der Waals surface area (Å²) in [6, 6.07) is 7.50. The topological polar surface area (TPSA) is 83.0 Å². The molecule has 0 radical (unpaired) electrons. The van der Waals surface area contributed by atoms with E-state index in [9.17, 15) is 14.0 Å². The second-order valence-corrected chi connectivity index (χ2v) is 8.80. The van der Waals surface area contributed by atoms with Crippen LogP contribution in [0.1, 0.15) is 72.2 Å². The number of aromatic nitrogens is 3. The maximum absolute atomic E-state index is 13.5. The first-order valence-electron chi connectivity index (χ1n) is 12.2.